The fourth-order valence-electron chi connectivity index (χ4n) is 1.44. The van der Waals surface area contributed by atoms with E-state index in [1.807, 2.05) is 38.1 Å². The van der Waals surface area contributed by atoms with Gasteiger partial charge in [-0.1, -0.05) is 12.1 Å². The van der Waals surface area contributed by atoms with Gasteiger partial charge >= 0.3 is 0 Å². The molecule has 0 aliphatic rings. The highest BCUT2D eigenvalue weighted by molar-refractivity contribution is 5.78. The van der Waals surface area contributed by atoms with Crippen LogP contribution in [0.5, 0.6) is 5.75 Å². The van der Waals surface area contributed by atoms with Gasteiger partial charge in [0, 0.05) is 12.6 Å². The van der Waals surface area contributed by atoms with E-state index >= 15 is 0 Å². The van der Waals surface area contributed by atoms with Gasteiger partial charge in [0.1, 0.15) is 5.75 Å². The molecule has 0 aliphatic carbocycles. The first-order valence-electron chi connectivity index (χ1n) is 5.87. The van der Waals surface area contributed by atoms with Crippen LogP contribution in [0, 0.1) is 0 Å². The molecular weight excluding hydrogens is 216 g/mol. The van der Waals surface area contributed by atoms with Gasteiger partial charge in [-0.05, 0) is 31.5 Å². The molecule has 1 rings (SSSR count). The summed E-state index contributed by atoms with van der Waals surface area (Å²) in [6.07, 6.45) is 0.372. The maximum Gasteiger partial charge on any atom is 0.224 e. The Hall–Kier alpha value is -1.55. The Balaban J connectivity index is 2.48. The highest BCUT2D eigenvalue weighted by atomic mass is 16.5. The van der Waals surface area contributed by atoms with Crippen molar-refractivity contribution in [2.75, 3.05) is 13.2 Å². The third kappa shape index (κ3) is 4.87. The molecule has 4 nitrogen and oxygen atoms in total. The topological polar surface area (TPSA) is 64.3 Å². The summed E-state index contributed by atoms with van der Waals surface area (Å²) in [5.74, 6) is 0.819. The molecule has 0 aliphatic heterocycles. The Morgan fingerprint density at radius 3 is 2.59 bits per heavy atom. The van der Waals surface area contributed by atoms with E-state index < -0.39 is 0 Å². The van der Waals surface area contributed by atoms with Crippen LogP contribution in [0.3, 0.4) is 0 Å². The second-order valence-electron chi connectivity index (χ2n) is 3.96. The average molecular weight is 236 g/mol. The van der Waals surface area contributed by atoms with Crippen LogP contribution in [0.4, 0.5) is 0 Å². The van der Waals surface area contributed by atoms with Crippen molar-refractivity contribution in [1.82, 2.24) is 5.32 Å². The van der Waals surface area contributed by atoms with Crippen LogP contribution in [0.2, 0.25) is 0 Å². The van der Waals surface area contributed by atoms with Gasteiger partial charge in [0.25, 0.3) is 0 Å². The smallest absolute Gasteiger partial charge is 0.224 e. The molecule has 1 aromatic carbocycles. The van der Waals surface area contributed by atoms with Crippen molar-refractivity contribution in [1.29, 1.82) is 0 Å². The molecule has 0 fully saturated rings. The Bertz CT molecular complexity index is 349. The first-order valence-corrected chi connectivity index (χ1v) is 5.87. The van der Waals surface area contributed by atoms with E-state index in [4.69, 9.17) is 10.5 Å². The van der Waals surface area contributed by atoms with Gasteiger partial charge in [-0.2, -0.15) is 0 Å². The lowest BCUT2D eigenvalue weighted by Crippen LogP contribution is -2.38. The Labute approximate surface area is 102 Å². The minimum absolute atomic E-state index is 0.00731. The van der Waals surface area contributed by atoms with Gasteiger partial charge in [-0.3, -0.25) is 4.79 Å². The standard InChI is InChI=1S/C13H20N2O2/c1-3-17-12-6-4-11(5-7-12)8-13(16)15-10(2)9-14/h4-7,10H,3,8-9,14H2,1-2H3,(H,15,16)/t10-/m0/s1. The summed E-state index contributed by atoms with van der Waals surface area (Å²) in [5, 5.41) is 2.82. The molecule has 17 heavy (non-hydrogen) atoms. The van der Waals surface area contributed by atoms with Crippen LogP contribution in [-0.4, -0.2) is 25.1 Å². The third-order valence-corrected chi connectivity index (χ3v) is 2.36. The van der Waals surface area contributed by atoms with Crippen molar-refractivity contribution in [3.8, 4) is 5.75 Å². The molecule has 3 N–H and O–H groups in total. The summed E-state index contributed by atoms with van der Waals surface area (Å²) in [6, 6.07) is 7.57. The van der Waals surface area contributed by atoms with E-state index in [9.17, 15) is 4.79 Å². The predicted molar refractivity (Wildman–Crippen MR) is 68.0 cm³/mol. The zero-order valence-corrected chi connectivity index (χ0v) is 10.4. The normalized spacial score (nSPS) is 11.9. The fraction of sp³-hybridized carbons (Fsp3) is 0.462. The van der Waals surface area contributed by atoms with E-state index in [1.54, 1.807) is 0 Å². The lowest BCUT2D eigenvalue weighted by atomic mass is 10.1. The van der Waals surface area contributed by atoms with E-state index in [2.05, 4.69) is 5.32 Å². The molecule has 0 radical (unpaired) electrons. The zero-order chi connectivity index (χ0) is 12.7. The van der Waals surface area contributed by atoms with E-state index in [0.717, 1.165) is 11.3 Å². The molecule has 0 spiro atoms. The van der Waals surface area contributed by atoms with Crippen LogP contribution in [0.1, 0.15) is 19.4 Å². The maximum atomic E-state index is 11.6. The first-order chi connectivity index (χ1) is 8.15. The third-order valence-electron chi connectivity index (χ3n) is 2.36. The van der Waals surface area contributed by atoms with Gasteiger partial charge in [0.15, 0.2) is 0 Å². The Morgan fingerprint density at radius 2 is 2.06 bits per heavy atom. The lowest BCUT2D eigenvalue weighted by molar-refractivity contribution is -0.120. The molecule has 1 atom stereocenters. The SMILES string of the molecule is CCOc1ccc(CC(=O)N[C@@H](C)CN)cc1. The molecule has 1 amide bonds. The summed E-state index contributed by atoms with van der Waals surface area (Å²) >= 11 is 0. The van der Waals surface area contributed by atoms with Crippen molar-refractivity contribution in [2.24, 2.45) is 5.73 Å². The molecule has 1 aromatic rings. The second-order valence-corrected chi connectivity index (χ2v) is 3.96. The number of amides is 1. The van der Waals surface area contributed by atoms with Crippen LogP contribution < -0.4 is 15.8 Å². The minimum Gasteiger partial charge on any atom is -0.494 e. The van der Waals surface area contributed by atoms with Crippen LogP contribution >= 0.6 is 0 Å². The van der Waals surface area contributed by atoms with Crippen LogP contribution in [-0.2, 0) is 11.2 Å². The number of rotatable bonds is 6. The number of benzene rings is 1. The van der Waals surface area contributed by atoms with Gasteiger partial charge in [0.05, 0.1) is 13.0 Å². The maximum absolute atomic E-state index is 11.6. The zero-order valence-electron chi connectivity index (χ0n) is 10.4. The van der Waals surface area contributed by atoms with Crippen LogP contribution in [0.15, 0.2) is 24.3 Å². The monoisotopic (exact) mass is 236 g/mol. The molecule has 0 bridgehead atoms. The number of hydrogen-bond acceptors (Lipinski definition) is 3. The number of nitrogens with one attached hydrogen (secondary N) is 1. The van der Waals surface area contributed by atoms with Crippen molar-refractivity contribution in [3.63, 3.8) is 0 Å². The second kappa shape index (κ2) is 6.91. The first kappa shape index (κ1) is 13.5. The number of carbonyl (C=O) groups is 1. The van der Waals surface area contributed by atoms with Crippen molar-refractivity contribution < 1.29 is 9.53 Å². The van der Waals surface area contributed by atoms with Crippen molar-refractivity contribution in [2.45, 2.75) is 26.3 Å². The van der Waals surface area contributed by atoms with Gasteiger partial charge in [-0.25, -0.2) is 0 Å². The van der Waals surface area contributed by atoms with E-state index in [1.165, 1.54) is 0 Å². The van der Waals surface area contributed by atoms with Crippen molar-refractivity contribution >= 4 is 5.91 Å². The Kier molecular flexibility index (Phi) is 5.49. The molecule has 0 heterocycles. The minimum atomic E-state index is -0.00731. The van der Waals surface area contributed by atoms with Gasteiger partial charge in [-0.15, -0.1) is 0 Å². The number of carbonyl (C=O) groups excluding carboxylic acids is 1. The molecule has 0 unspecified atom stereocenters. The Morgan fingerprint density at radius 1 is 1.41 bits per heavy atom. The average Bonchev–Trinajstić information content (AvgIpc) is 2.31. The summed E-state index contributed by atoms with van der Waals surface area (Å²) in [5.41, 5.74) is 6.40. The van der Waals surface area contributed by atoms with E-state index in [-0.39, 0.29) is 11.9 Å². The number of hydrogen-bond donors (Lipinski definition) is 2. The highest BCUT2D eigenvalue weighted by Gasteiger charge is 2.06. The van der Waals surface area contributed by atoms with Crippen LogP contribution in [0.25, 0.3) is 0 Å². The molecule has 94 valence electrons. The fourth-order valence-corrected chi connectivity index (χ4v) is 1.44. The number of nitrogens with two attached hydrogens (primary N) is 1. The molecular formula is C13H20N2O2. The molecule has 0 saturated carbocycles. The van der Waals surface area contributed by atoms with Crippen molar-refractivity contribution in [3.05, 3.63) is 29.8 Å². The largest absolute Gasteiger partial charge is 0.494 e. The summed E-state index contributed by atoms with van der Waals surface area (Å²) in [6.45, 7) is 4.93. The summed E-state index contributed by atoms with van der Waals surface area (Å²) in [4.78, 5) is 11.6. The molecule has 4 heteroatoms. The number of ether oxygens (including phenoxy) is 1. The van der Waals surface area contributed by atoms with Gasteiger partial charge in [0.2, 0.25) is 5.91 Å². The lowest BCUT2D eigenvalue weighted by Gasteiger charge is -2.11. The van der Waals surface area contributed by atoms with E-state index in [0.29, 0.717) is 19.6 Å². The quantitative estimate of drug-likeness (QED) is 0.777. The van der Waals surface area contributed by atoms with Gasteiger partial charge < -0.3 is 15.8 Å². The molecule has 0 aromatic heterocycles. The predicted octanol–water partition coefficient (Wildman–Crippen LogP) is 1.09. The summed E-state index contributed by atoms with van der Waals surface area (Å²) in [7, 11) is 0. The summed E-state index contributed by atoms with van der Waals surface area (Å²) < 4.78 is 5.33. The highest BCUT2D eigenvalue weighted by Crippen LogP contribution is 2.12. The molecule has 0 saturated heterocycles.